The second-order valence-electron chi connectivity index (χ2n) is 5.30. The van der Waals surface area contributed by atoms with E-state index in [2.05, 4.69) is 11.4 Å². The van der Waals surface area contributed by atoms with Crippen molar-refractivity contribution in [1.82, 2.24) is 5.32 Å². The molecular formula is C12H21N3O. The van der Waals surface area contributed by atoms with E-state index in [0.717, 1.165) is 25.7 Å². The van der Waals surface area contributed by atoms with Gasteiger partial charge in [-0.05, 0) is 26.7 Å². The van der Waals surface area contributed by atoms with Crippen molar-refractivity contribution in [2.24, 2.45) is 11.7 Å². The largest absolute Gasteiger partial charge is 0.370 e. The molecule has 0 aromatic rings. The van der Waals surface area contributed by atoms with Gasteiger partial charge in [0.25, 0.3) is 0 Å². The number of nitrogens with zero attached hydrogens (tertiary/aromatic N) is 1. The van der Waals surface area contributed by atoms with Crippen molar-refractivity contribution in [2.75, 3.05) is 0 Å². The highest BCUT2D eigenvalue weighted by Crippen LogP contribution is 2.26. The fourth-order valence-corrected chi connectivity index (χ4v) is 2.45. The maximum Gasteiger partial charge on any atom is 0.219 e. The molecule has 0 aromatic heterocycles. The number of carbonyl (C=O) groups excluding carboxylic acids is 1. The quantitative estimate of drug-likeness (QED) is 0.754. The molecule has 3 N–H and O–H groups in total. The molecular weight excluding hydrogens is 202 g/mol. The van der Waals surface area contributed by atoms with Gasteiger partial charge in [-0.15, -0.1) is 0 Å². The van der Waals surface area contributed by atoms with Crippen molar-refractivity contribution in [3.8, 4) is 6.07 Å². The molecule has 4 heteroatoms. The Bertz CT molecular complexity index is 293. The number of nitriles is 1. The summed E-state index contributed by atoms with van der Waals surface area (Å²) >= 11 is 0. The molecule has 0 spiro atoms. The Morgan fingerprint density at radius 1 is 1.50 bits per heavy atom. The molecule has 4 nitrogen and oxygen atoms in total. The summed E-state index contributed by atoms with van der Waals surface area (Å²) in [5.41, 5.74) is 4.89. The van der Waals surface area contributed by atoms with Gasteiger partial charge in [-0.3, -0.25) is 4.79 Å². The number of rotatable bonds is 4. The Morgan fingerprint density at radius 3 is 2.69 bits per heavy atom. The van der Waals surface area contributed by atoms with Gasteiger partial charge in [0.05, 0.1) is 12.0 Å². The predicted molar refractivity (Wildman–Crippen MR) is 62.4 cm³/mol. The van der Waals surface area contributed by atoms with Gasteiger partial charge in [-0.25, -0.2) is 0 Å². The minimum atomic E-state index is -0.317. The van der Waals surface area contributed by atoms with Gasteiger partial charge in [-0.2, -0.15) is 5.26 Å². The van der Waals surface area contributed by atoms with Crippen molar-refractivity contribution < 1.29 is 4.79 Å². The van der Waals surface area contributed by atoms with Crippen LogP contribution in [0.4, 0.5) is 0 Å². The first-order chi connectivity index (χ1) is 7.44. The fourth-order valence-electron chi connectivity index (χ4n) is 2.45. The summed E-state index contributed by atoms with van der Waals surface area (Å²) in [7, 11) is 0. The Balaban J connectivity index is 2.57. The molecule has 16 heavy (non-hydrogen) atoms. The molecule has 1 aliphatic carbocycles. The molecule has 1 fully saturated rings. The van der Waals surface area contributed by atoms with Gasteiger partial charge in [0.1, 0.15) is 0 Å². The van der Waals surface area contributed by atoms with E-state index in [1.807, 2.05) is 13.8 Å². The minimum Gasteiger partial charge on any atom is -0.370 e. The van der Waals surface area contributed by atoms with Gasteiger partial charge < -0.3 is 11.1 Å². The van der Waals surface area contributed by atoms with E-state index in [9.17, 15) is 4.79 Å². The SMILES string of the molecule is CC(C)(CC(N)=O)NC1CCCCC1C#N. The summed E-state index contributed by atoms with van der Waals surface area (Å²) in [6, 6.07) is 2.55. The molecule has 2 unspecified atom stereocenters. The number of carbonyl (C=O) groups is 1. The van der Waals surface area contributed by atoms with Gasteiger partial charge in [-0.1, -0.05) is 12.8 Å². The van der Waals surface area contributed by atoms with Crippen LogP contribution in [0.3, 0.4) is 0 Å². The van der Waals surface area contributed by atoms with E-state index in [1.165, 1.54) is 0 Å². The zero-order chi connectivity index (χ0) is 12.2. The molecule has 0 radical (unpaired) electrons. The topological polar surface area (TPSA) is 78.9 Å². The minimum absolute atomic E-state index is 0.0703. The highest BCUT2D eigenvalue weighted by Gasteiger charge is 2.30. The van der Waals surface area contributed by atoms with Crippen LogP contribution < -0.4 is 11.1 Å². The van der Waals surface area contributed by atoms with Crippen molar-refractivity contribution in [1.29, 1.82) is 5.26 Å². The van der Waals surface area contributed by atoms with Crippen LogP contribution >= 0.6 is 0 Å². The average molecular weight is 223 g/mol. The smallest absolute Gasteiger partial charge is 0.219 e. The Labute approximate surface area is 97.2 Å². The molecule has 0 bridgehead atoms. The lowest BCUT2D eigenvalue weighted by Crippen LogP contribution is -2.51. The van der Waals surface area contributed by atoms with E-state index >= 15 is 0 Å². The van der Waals surface area contributed by atoms with Crippen LogP contribution in [0.1, 0.15) is 46.0 Å². The normalized spacial score (nSPS) is 26.1. The Hall–Kier alpha value is -1.08. The van der Waals surface area contributed by atoms with Crippen molar-refractivity contribution in [2.45, 2.75) is 57.5 Å². The van der Waals surface area contributed by atoms with E-state index in [4.69, 9.17) is 11.0 Å². The predicted octanol–water partition coefficient (Wildman–Crippen LogP) is 1.31. The average Bonchev–Trinajstić information content (AvgIpc) is 2.15. The maximum atomic E-state index is 10.9. The zero-order valence-electron chi connectivity index (χ0n) is 10.1. The fraction of sp³-hybridized carbons (Fsp3) is 0.833. The lowest BCUT2D eigenvalue weighted by Gasteiger charge is -2.35. The summed E-state index contributed by atoms with van der Waals surface area (Å²) in [5.74, 6) is -0.234. The summed E-state index contributed by atoms with van der Waals surface area (Å²) in [6.07, 6.45) is 4.57. The van der Waals surface area contributed by atoms with E-state index < -0.39 is 0 Å². The number of hydrogen-bond acceptors (Lipinski definition) is 3. The van der Waals surface area contributed by atoms with E-state index in [0.29, 0.717) is 6.42 Å². The third-order valence-electron chi connectivity index (χ3n) is 3.12. The lowest BCUT2D eigenvalue weighted by molar-refractivity contribution is -0.119. The number of nitrogens with one attached hydrogen (secondary N) is 1. The molecule has 0 saturated heterocycles. The van der Waals surface area contributed by atoms with Crippen LogP contribution in [-0.2, 0) is 4.79 Å². The summed E-state index contributed by atoms with van der Waals surface area (Å²) in [4.78, 5) is 10.9. The maximum absolute atomic E-state index is 10.9. The van der Waals surface area contributed by atoms with Crippen LogP contribution in [0.25, 0.3) is 0 Å². The lowest BCUT2D eigenvalue weighted by atomic mass is 9.83. The molecule has 0 aliphatic heterocycles. The van der Waals surface area contributed by atoms with E-state index in [1.54, 1.807) is 0 Å². The van der Waals surface area contributed by atoms with Crippen molar-refractivity contribution >= 4 is 5.91 Å². The third kappa shape index (κ3) is 3.82. The molecule has 1 saturated carbocycles. The standard InChI is InChI=1S/C12H21N3O/c1-12(2,7-11(14)16)15-10-6-4-3-5-9(10)8-13/h9-10,15H,3-7H2,1-2H3,(H2,14,16). The third-order valence-corrected chi connectivity index (χ3v) is 3.12. The monoisotopic (exact) mass is 223 g/mol. The zero-order valence-corrected chi connectivity index (χ0v) is 10.1. The van der Waals surface area contributed by atoms with Crippen LogP contribution in [-0.4, -0.2) is 17.5 Å². The number of primary amides is 1. The molecule has 1 aliphatic rings. The summed E-state index contributed by atoms with van der Waals surface area (Å²) < 4.78 is 0. The van der Waals surface area contributed by atoms with Gasteiger partial charge in [0, 0.05) is 18.0 Å². The van der Waals surface area contributed by atoms with Gasteiger partial charge in [0.2, 0.25) is 5.91 Å². The number of nitrogens with two attached hydrogens (primary N) is 1. The first-order valence-electron chi connectivity index (χ1n) is 5.90. The van der Waals surface area contributed by atoms with E-state index in [-0.39, 0.29) is 23.4 Å². The summed E-state index contributed by atoms with van der Waals surface area (Å²) in [6.45, 7) is 3.92. The van der Waals surface area contributed by atoms with Crippen LogP contribution in [0.15, 0.2) is 0 Å². The second kappa shape index (κ2) is 5.31. The van der Waals surface area contributed by atoms with Crippen LogP contribution in [0, 0.1) is 17.2 Å². The first kappa shape index (κ1) is 13.0. The Kier molecular flexibility index (Phi) is 4.31. The highest BCUT2D eigenvalue weighted by atomic mass is 16.1. The van der Waals surface area contributed by atoms with Crippen molar-refractivity contribution in [3.63, 3.8) is 0 Å². The molecule has 1 amide bonds. The molecule has 0 heterocycles. The van der Waals surface area contributed by atoms with Gasteiger partial charge >= 0.3 is 0 Å². The van der Waals surface area contributed by atoms with Crippen LogP contribution in [0.5, 0.6) is 0 Å². The second-order valence-corrected chi connectivity index (χ2v) is 5.30. The van der Waals surface area contributed by atoms with Gasteiger partial charge in [0.15, 0.2) is 0 Å². The molecule has 90 valence electrons. The summed E-state index contributed by atoms with van der Waals surface area (Å²) in [5, 5.41) is 12.5. The molecule has 0 aromatic carbocycles. The molecule has 2 atom stereocenters. The Morgan fingerprint density at radius 2 is 2.12 bits per heavy atom. The number of amides is 1. The number of hydrogen-bond donors (Lipinski definition) is 2. The highest BCUT2D eigenvalue weighted by molar-refractivity contribution is 5.75. The van der Waals surface area contributed by atoms with Crippen molar-refractivity contribution in [3.05, 3.63) is 0 Å². The van der Waals surface area contributed by atoms with Crippen LogP contribution in [0.2, 0.25) is 0 Å². The first-order valence-corrected chi connectivity index (χ1v) is 5.90. The molecule has 1 rings (SSSR count).